The summed E-state index contributed by atoms with van der Waals surface area (Å²) < 4.78 is 0. The molecule has 19 heavy (non-hydrogen) atoms. The van der Waals surface area contributed by atoms with Gasteiger partial charge in [0.15, 0.2) is 0 Å². The third-order valence-corrected chi connectivity index (χ3v) is 5.38. The highest BCUT2D eigenvalue weighted by Gasteiger charge is 2.54. The van der Waals surface area contributed by atoms with Crippen molar-refractivity contribution >= 4 is 17.5 Å². The van der Waals surface area contributed by atoms with Crippen LogP contribution in [0.25, 0.3) is 0 Å². The van der Waals surface area contributed by atoms with Crippen molar-refractivity contribution in [2.45, 2.75) is 52.4 Å². The van der Waals surface area contributed by atoms with Crippen molar-refractivity contribution in [3.8, 4) is 0 Å². The molecule has 0 amide bonds. The van der Waals surface area contributed by atoms with Gasteiger partial charge < -0.3 is 5.11 Å². The number of Topliss-reactive ketones (excluding diaryl/α,β-unsaturated/α-hetero) is 2. The standard InChI is InChI=1S/C15H22O4/c1-9(16)11-4-5-12-10(3-6-14(18)19)13(17)7-8-15(11,12)2/h10-12H,3-8H2,1-2H3,(H,18,19). The van der Waals surface area contributed by atoms with Gasteiger partial charge in [0.1, 0.15) is 11.6 Å². The van der Waals surface area contributed by atoms with E-state index >= 15 is 0 Å². The Balaban J connectivity index is 2.19. The summed E-state index contributed by atoms with van der Waals surface area (Å²) in [5.41, 5.74) is -0.0943. The Morgan fingerprint density at radius 2 is 2.05 bits per heavy atom. The molecule has 4 nitrogen and oxygen atoms in total. The van der Waals surface area contributed by atoms with E-state index in [0.29, 0.717) is 12.8 Å². The predicted molar refractivity (Wildman–Crippen MR) is 69.6 cm³/mol. The molecule has 0 aromatic rings. The molecule has 0 aromatic carbocycles. The summed E-state index contributed by atoms with van der Waals surface area (Å²) in [5, 5.41) is 8.81. The molecule has 0 bridgehead atoms. The molecule has 0 aromatic heterocycles. The topological polar surface area (TPSA) is 71.4 Å². The number of carbonyl (C=O) groups excluding carboxylic acids is 2. The number of carboxylic acid groups (broad SMARTS) is 1. The fraction of sp³-hybridized carbons (Fsp3) is 0.800. The van der Waals surface area contributed by atoms with Crippen LogP contribution in [0.5, 0.6) is 0 Å². The number of aliphatic carboxylic acids is 1. The van der Waals surface area contributed by atoms with Crippen LogP contribution in [-0.4, -0.2) is 22.6 Å². The van der Waals surface area contributed by atoms with Crippen molar-refractivity contribution in [1.82, 2.24) is 0 Å². The molecular formula is C15H22O4. The van der Waals surface area contributed by atoms with Gasteiger partial charge in [-0.05, 0) is 43.9 Å². The van der Waals surface area contributed by atoms with Gasteiger partial charge in [-0.25, -0.2) is 0 Å². The van der Waals surface area contributed by atoms with Gasteiger partial charge in [-0.1, -0.05) is 6.92 Å². The SMILES string of the molecule is CC(=O)C1CCC2C(CCC(=O)O)C(=O)CCC12C. The maximum absolute atomic E-state index is 12.1. The Kier molecular flexibility index (Phi) is 3.79. The summed E-state index contributed by atoms with van der Waals surface area (Å²) in [6.07, 6.45) is 3.50. The van der Waals surface area contributed by atoms with Crippen LogP contribution in [0.2, 0.25) is 0 Å². The normalized spacial score (nSPS) is 38.0. The van der Waals surface area contributed by atoms with Gasteiger partial charge in [0, 0.05) is 24.7 Å². The highest BCUT2D eigenvalue weighted by Crippen LogP contribution is 2.57. The van der Waals surface area contributed by atoms with Gasteiger partial charge in [-0.3, -0.25) is 14.4 Å². The minimum absolute atomic E-state index is 0.0493. The molecule has 0 spiro atoms. The monoisotopic (exact) mass is 266 g/mol. The first-order chi connectivity index (χ1) is 8.86. The molecule has 0 radical (unpaired) electrons. The average molecular weight is 266 g/mol. The molecular weight excluding hydrogens is 244 g/mol. The Hall–Kier alpha value is -1.19. The van der Waals surface area contributed by atoms with E-state index in [0.717, 1.165) is 19.3 Å². The van der Waals surface area contributed by atoms with E-state index in [1.54, 1.807) is 6.92 Å². The van der Waals surface area contributed by atoms with Gasteiger partial charge in [-0.15, -0.1) is 0 Å². The Morgan fingerprint density at radius 3 is 2.63 bits per heavy atom. The molecule has 0 aliphatic heterocycles. The summed E-state index contributed by atoms with van der Waals surface area (Å²) in [5.74, 6) is -0.329. The second kappa shape index (κ2) is 5.06. The van der Waals surface area contributed by atoms with Crippen molar-refractivity contribution in [3.63, 3.8) is 0 Å². The van der Waals surface area contributed by atoms with Crippen LogP contribution in [0.1, 0.15) is 52.4 Å². The van der Waals surface area contributed by atoms with E-state index in [9.17, 15) is 14.4 Å². The number of ketones is 2. The Labute approximate surface area is 113 Å². The zero-order valence-corrected chi connectivity index (χ0v) is 11.6. The Morgan fingerprint density at radius 1 is 1.37 bits per heavy atom. The molecule has 2 aliphatic carbocycles. The van der Waals surface area contributed by atoms with Crippen molar-refractivity contribution in [2.75, 3.05) is 0 Å². The molecule has 4 atom stereocenters. The number of carboxylic acids is 1. The molecule has 2 aliphatic rings. The smallest absolute Gasteiger partial charge is 0.303 e. The Bertz CT molecular complexity index is 414. The molecule has 0 heterocycles. The summed E-state index contributed by atoms with van der Waals surface area (Å²) in [4.78, 5) is 34.6. The summed E-state index contributed by atoms with van der Waals surface area (Å²) in [6, 6.07) is 0. The van der Waals surface area contributed by atoms with Crippen LogP contribution in [0.3, 0.4) is 0 Å². The van der Waals surface area contributed by atoms with E-state index in [1.807, 2.05) is 0 Å². The first-order valence-corrected chi connectivity index (χ1v) is 7.11. The molecule has 2 rings (SSSR count). The number of fused-ring (bicyclic) bond motifs is 1. The van der Waals surface area contributed by atoms with Crippen molar-refractivity contribution in [2.24, 2.45) is 23.2 Å². The van der Waals surface area contributed by atoms with Crippen LogP contribution in [-0.2, 0) is 14.4 Å². The third kappa shape index (κ3) is 2.45. The van der Waals surface area contributed by atoms with Gasteiger partial charge in [-0.2, -0.15) is 0 Å². The third-order valence-electron chi connectivity index (χ3n) is 5.38. The van der Waals surface area contributed by atoms with Gasteiger partial charge in [0.2, 0.25) is 0 Å². The summed E-state index contributed by atoms with van der Waals surface area (Å²) >= 11 is 0. The molecule has 4 unspecified atom stereocenters. The van der Waals surface area contributed by atoms with Crippen LogP contribution in [0.15, 0.2) is 0 Å². The fourth-order valence-corrected chi connectivity index (χ4v) is 4.40. The maximum Gasteiger partial charge on any atom is 0.303 e. The lowest BCUT2D eigenvalue weighted by Crippen LogP contribution is -2.43. The number of hydrogen-bond acceptors (Lipinski definition) is 3. The molecule has 0 saturated heterocycles. The number of carbonyl (C=O) groups is 3. The van der Waals surface area contributed by atoms with Crippen LogP contribution in [0.4, 0.5) is 0 Å². The quantitative estimate of drug-likeness (QED) is 0.848. The second-order valence-corrected chi connectivity index (χ2v) is 6.36. The van der Waals surface area contributed by atoms with Gasteiger partial charge in [0.05, 0.1) is 0 Å². The van der Waals surface area contributed by atoms with E-state index in [-0.39, 0.29) is 41.2 Å². The van der Waals surface area contributed by atoms with E-state index in [1.165, 1.54) is 0 Å². The molecule has 2 saturated carbocycles. The lowest BCUT2D eigenvalue weighted by molar-refractivity contribution is -0.140. The highest BCUT2D eigenvalue weighted by molar-refractivity contribution is 5.85. The minimum Gasteiger partial charge on any atom is -0.481 e. The molecule has 2 fully saturated rings. The largest absolute Gasteiger partial charge is 0.481 e. The fourth-order valence-electron chi connectivity index (χ4n) is 4.40. The van der Waals surface area contributed by atoms with E-state index in [2.05, 4.69) is 6.92 Å². The van der Waals surface area contributed by atoms with Gasteiger partial charge in [0.25, 0.3) is 0 Å². The number of hydrogen-bond donors (Lipinski definition) is 1. The zero-order chi connectivity index (χ0) is 14.2. The van der Waals surface area contributed by atoms with Crippen molar-refractivity contribution < 1.29 is 19.5 Å². The van der Waals surface area contributed by atoms with Crippen molar-refractivity contribution in [3.05, 3.63) is 0 Å². The first kappa shape index (κ1) is 14.2. The highest BCUT2D eigenvalue weighted by atomic mass is 16.4. The van der Waals surface area contributed by atoms with Crippen LogP contribution < -0.4 is 0 Å². The zero-order valence-electron chi connectivity index (χ0n) is 11.6. The second-order valence-electron chi connectivity index (χ2n) is 6.36. The van der Waals surface area contributed by atoms with E-state index < -0.39 is 5.97 Å². The van der Waals surface area contributed by atoms with E-state index in [4.69, 9.17) is 5.11 Å². The van der Waals surface area contributed by atoms with Gasteiger partial charge >= 0.3 is 5.97 Å². The van der Waals surface area contributed by atoms with Crippen LogP contribution in [0, 0.1) is 23.2 Å². The number of rotatable bonds is 4. The van der Waals surface area contributed by atoms with Crippen molar-refractivity contribution in [1.29, 1.82) is 0 Å². The summed E-state index contributed by atoms with van der Waals surface area (Å²) in [6.45, 7) is 3.76. The van der Waals surface area contributed by atoms with Crippen LogP contribution >= 0.6 is 0 Å². The predicted octanol–water partition coefficient (Wildman–Crippen LogP) is 2.45. The summed E-state index contributed by atoms with van der Waals surface area (Å²) in [7, 11) is 0. The average Bonchev–Trinajstić information content (AvgIpc) is 2.66. The molecule has 106 valence electrons. The lowest BCUT2D eigenvalue weighted by atomic mass is 9.59. The molecule has 4 heteroatoms. The minimum atomic E-state index is -0.846. The molecule has 1 N–H and O–H groups in total. The first-order valence-electron chi connectivity index (χ1n) is 7.11. The lowest BCUT2D eigenvalue weighted by Gasteiger charge is -2.43. The maximum atomic E-state index is 12.1.